The van der Waals surface area contributed by atoms with Gasteiger partial charge in [0.2, 0.25) is 0 Å². The zero-order valence-corrected chi connectivity index (χ0v) is 15.3. The number of carbonyl (C=O) groups is 1. The topological polar surface area (TPSA) is 89.7 Å². The molecule has 0 spiro atoms. The molecule has 0 fully saturated rings. The highest BCUT2D eigenvalue weighted by Crippen LogP contribution is 2.12. The summed E-state index contributed by atoms with van der Waals surface area (Å²) < 4.78 is 17.2. The molecule has 1 atom stereocenters. The van der Waals surface area contributed by atoms with Crippen molar-refractivity contribution >= 4 is 11.7 Å². The van der Waals surface area contributed by atoms with Gasteiger partial charge in [-0.2, -0.15) is 5.10 Å². The molecule has 9 heteroatoms. The van der Waals surface area contributed by atoms with E-state index >= 15 is 0 Å². The second kappa shape index (κ2) is 8.43. The number of nitrogens with zero attached hydrogens (tertiary/aromatic N) is 5. The monoisotopic (exact) mass is 371 g/mol. The summed E-state index contributed by atoms with van der Waals surface area (Å²) in [7, 11) is 0. The number of anilines is 1. The average molecular weight is 371 g/mol. The molecule has 2 amide bonds. The van der Waals surface area contributed by atoms with Gasteiger partial charge in [-0.25, -0.2) is 9.18 Å². The van der Waals surface area contributed by atoms with Gasteiger partial charge >= 0.3 is 6.03 Å². The summed E-state index contributed by atoms with van der Waals surface area (Å²) in [5.41, 5.74) is 1.05. The Labute approximate surface area is 156 Å². The van der Waals surface area contributed by atoms with Crippen LogP contribution in [-0.4, -0.2) is 30.6 Å². The lowest BCUT2D eigenvalue weighted by molar-refractivity contribution is 0.248. The molecule has 0 radical (unpaired) electrons. The molecule has 0 aliphatic rings. The molecule has 3 rings (SSSR count). The Morgan fingerprint density at radius 2 is 2.15 bits per heavy atom. The Kier molecular flexibility index (Phi) is 5.80. The fourth-order valence-electron chi connectivity index (χ4n) is 2.76. The Morgan fingerprint density at radius 3 is 2.93 bits per heavy atom. The first-order chi connectivity index (χ1) is 13.1. The van der Waals surface area contributed by atoms with Gasteiger partial charge in [-0.3, -0.25) is 4.68 Å². The zero-order chi connectivity index (χ0) is 19.2. The molecule has 2 heterocycles. The van der Waals surface area contributed by atoms with E-state index in [-0.39, 0.29) is 24.4 Å². The van der Waals surface area contributed by atoms with Gasteiger partial charge < -0.3 is 15.2 Å². The van der Waals surface area contributed by atoms with Crippen molar-refractivity contribution < 1.29 is 9.18 Å². The lowest BCUT2D eigenvalue weighted by Crippen LogP contribution is -2.32. The van der Waals surface area contributed by atoms with Crippen LogP contribution in [0.2, 0.25) is 0 Å². The molecule has 142 valence electrons. The molecular formula is C18H22FN7O. The molecule has 27 heavy (non-hydrogen) atoms. The number of amides is 2. The molecule has 0 saturated heterocycles. The number of hydrogen-bond donors (Lipinski definition) is 2. The number of hydrogen-bond acceptors (Lipinski definition) is 4. The average Bonchev–Trinajstić information content (AvgIpc) is 3.27. The van der Waals surface area contributed by atoms with Gasteiger partial charge in [-0.1, -0.05) is 25.1 Å². The van der Waals surface area contributed by atoms with Gasteiger partial charge in [0, 0.05) is 18.3 Å². The molecule has 3 aromatic rings. The van der Waals surface area contributed by atoms with E-state index in [1.807, 2.05) is 11.5 Å². The number of nitrogens with one attached hydrogen (secondary N) is 2. The minimum absolute atomic E-state index is 0.284. The van der Waals surface area contributed by atoms with Crippen molar-refractivity contribution in [3.05, 3.63) is 60.2 Å². The third-order valence-electron chi connectivity index (χ3n) is 4.03. The Bertz CT molecular complexity index is 905. The summed E-state index contributed by atoms with van der Waals surface area (Å²) in [6.07, 6.45) is 5.77. The molecule has 2 aromatic heterocycles. The molecule has 0 unspecified atom stereocenters. The molecule has 8 nitrogen and oxygen atoms in total. The van der Waals surface area contributed by atoms with E-state index in [1.54, 1.807) is 35.4 Å². The number of rotatable bonds is 7. The quantitative estimate of drug-likeness (QED) is 0.668. The maximum absolute atomic E-state index is 13.7. The maximum atomic E-state index is 13.7. The predicted molar refractivity (Wildman–Crippen MR) is 98.6 cm³/mol. The molecule has 0 aliphatic heterocycles. The fourth-order valence-corrected chi connectivity index (χ4v) is 2.76. The molecule has 0 bridgehead atoms. The summed E-state index contributed by atoms with van der Waals surface area (Å²) in [6.45, 7) is 4.98. The SMILES string of the molecule is CCCn1cnnc1[C@H](C)NC(=O)Nc1cnn(Cc2ccccc2F)c1. The molecule has 0 saturated carbocycles. The Balaban J connectivity index is 1.57. The first kappa shape index (κ1) is 18.6. The Hall–Kier alpha value is -3.23. The molecule has 0 aliphatic carbocycles. The highest BCUT2D eigenvalue weighted by atomic mass is 19.1. The first-order valence-electron chi connectivity index (χ1n) is 8.78. The van der Waals surface area contributed by atoms with Gasteiger partial charge in [0.1, 0.15) is 12.1 Å². The second-order valence-corrected chi connectivity index (χ2v) is 6.22. The van der Waals surface area contributed by atoms with Crippen LogP contribution in [0, 0.1) is 5.82 Å². The van der Waals surface area contributed by atoms with Crippen LogP contribution in [0.1, 0.15) is 37.7 Å². The van der Waals surface area contributed by atoms with Crippen molar-refractivity contribution in [2.24, 2.45) is 0 Å². The molecule has 1 aromatic carbocycles. The van der Waals surface area contributed by atoms with Gasteiger partial charge in [-0.15, -0.1) is 10.2 Å². The second-order valence-electron chi connectivity index (χ2n) is 6.22. The van der Waals surface area contributed by atoms with E-state index in [2.05, 4.69) is 32.9 Å². The summed E-state index contributed by atoms with van der Waals surface area (Å²) in [6, 6.07) is 5.84. The smallest absolute Gasteiger partial charge is 0.319 e. The number of benzene rings is 1. The summed E-state index contributed by atoms with van der Waals surface area (Å²) in [5.74, 6) is 0.410. The van der Waals surface area contributed by atoms with E-state index in [4.69, 9.17) is 0 Å². The van der Waals surface area contributed by atoms with Gasteiger partial charge in [-0.05, 0) is 19.4 Å². The normalized spacial score (nSPS) is 12.0. The van der Waals surface area contributed by atoms with E-state index in [0.717, 1.165) is 13.0 Å². The maximum Gasteiger partial charge on any atom is 0.319 e. The number of aromatic nitrogens is 5. The zero-order valence-electron chi connectivity index (χ0n) is 15.3. The highest BCUT2D eigenvalue weighted by Gasteiger charge is 2.16. The minimum atomic E-state index is -0.376. The van der Waals surface area contributed by atoms with Crippen LogP contribution < -0.4 is 10.6 Å². The predicted octanol–water partition coefficient (Wildman–Crippen LogP) is 2.95. The van der Waals surface area contributed by atoms with Gasteiger partial charge in [0.25, 0.3) is 0 Å². The largest absolute Gasteiger partial charge is 0.328 e. The van der Waals surface area contributed by atoms with Crippen molar-refractivity contribution in [2.45, 2.75) is 39.4 Å². The summed E-state index contributed by atoms with van der Waals surface area (Å²) in [5, 5.41) is 17.7. The number of halogens is 1. The van der Waals surface area contributed by atoms with Crippen LogP contribution in [0.3, 0.4) is 0 Å². The third-order valence-corrected chi connectivity index (χ3v) is 4.03. The number of carbonyl (C=O) groups excluding carboxylic acids is 1. The lowest BCUT2D eigenvalue weighted by atomic mass is 10.2. The fraction of sp³-hybridized carbons (Fsp3) is 0.333. The molecular weight excluding hydrogens is 349 g/mol. The van der Waals surface area contributed by atoms with Crippen LogP contribution in [0.25, 0.3) is 0 Å². The van der Waals surface area contributed by atoms with Crippen LogP contribution in [0.5, 0.6) is 0 Å². The molecule has 2 N–H and O–H groups in total. The van der Waals surface area contributed by atoms with E-state index in [1.165, 1.54) is 12.3 Å². The first-order valence-corrected chi connectivity index (χ1v) is 8.78. The highest BCUT2D eigenvalue weighted by molar-refractivity contribution is 5.89. The van der Waals surface area contributed by atoms with E-state index < -0.39 is 0 Å². The van der Waals surface area contributed by atoms with E-state index in [9.17, 15) is 9.18 Å². The minimum Gasteiger partial charge on any atom is -0.328 e. The van der Waals surface area contributed by atoms with Crippen molar-refractivity contribution in [1.29, 1.82) is 0 Å². The van der Waals surface area contributed by atoms with Crippen LogP contribution in [0.4, 0.5) is 14.9 Å². The summed E-state index contributed by atoms with van der Waals surface area (Å²) >= 11 is 0. The van der Waals surface area contributed by atoms with Crippen molar-refractivity contribution in [3.63, 3.8) is 0 Å². The van der Waals surface area contributed by atoms with Crippen molar-refractivity contribution in [2.75, 3.05) is 5.32 Å². The standard InChI is InChI=1S/C18H22FN7O/c1-3-8-25-12-20-24-17(25)13(2)22-18(27)23-15-9-21-26(11-15)10-14-6-4-5-7-16(14)19/h4-7,9,11-13H,3,8,10H2,1-2H3,(H2,22,23,27)/t13-/m0/s1. The number of aryl methyl sites for hydroxylation is 1. The van der Waals surface area contributed by atoms with Crippen LogP contribution in [0.15, 0.2) is 43.0 Å². The van der Waals surface area contributed by atoms with Crippen molar-refractivity contribution in [3.8, 4) is 0 Å². The lowest BCUT2D eigenvalue weighted by Gasteiger charge is -2.14. The van der Waals surface area contributed by atoms with Crippen molar-refractivity contribution in [1.82, 2.24) is 29.9 Å². The van der Waals surface area contributed by atoms with E-state index in [0.29, 0.717) is 17.1 Å². The van der Waals surface area contributed by atoms with Gasteiger partial charge in [0.15, 0.2) is 5.82 Å². The Morgan fingerprint density at radius 1 is 1.33 bits per heavy atom. The van der Waals surface area contributed by atoms with Crippen LogP contribution in [-0.2, 0) is 13.1 Å². The van der Waals surface area contributed by atoms with Gasteiger partial charge in [0.05, 0.1) is 24.5 Å². The van der Waals surface area contributed by atoms with Crippen LogP contribution >= 0.6 is 0 Å². The third kappa shape index (κ3) is 4.69. The summed E-state index contributed by atoms with van der Waals surface area (Å²) in [4.78, 5) is 12.2. The number of urea groups is 1.